The number of para-hydroxylation sites is 1. The van der Waals surface area contributed by atoms with Crippen LogP contribution < -0.4 is 10.6 Å². The second-order valence-corrected chi connectivity index (χ2v) is 4.14. The van der Waals surface area contributed by atoms with Gasteiger partial charge in [-0.3, -0.25) is 0 Å². The van der Waals surface area contributed by atoms with E-state index in [4.69, 9.17) is 0 Å². The molecule has 0 bridgehead atoms. The van der Waals surface area contributed by atoms with Crippen LogP contribution in [0.15, 0.2) is 60.7 Å². The first-order valence-corrected chi connectivity index (χ1v) is 6.26. The molecule has 0 aromatic heterocycles. The van der Waals surface area contributed by atoms with Crippen molar-refractivity contribution in [3.8, 4) is 0 Å². The van der Waals surface area contributed by atoms with Gasteiger partial charge < -0.3 is 10.6 Å². The average molecular weight is 267 g/mol. The highest BCUT2D eigenvalue weighted by Gasteiger charge is 2.02. The van der Waals surface area contributed by atoms with E-state index in [1.165, 1.54) is 6.08 Å². The van der Waals surface area contributed by atoms with Crippen LogP contribution in [0, 0.1) is 0 Å². The monoisotopic (exact) mass is 267 g/mol. The Morgan fingerprint density at radius 1 is 0.950 bits per heavy atom. The average Bonchev–Trinajstić information content (AvgIpc) is 2.46. The molecule has 4 nitrogen and oxygen atoms in total. The van der Waals surface area contributed by atoms with E-state index in [0.717, 1.165) is 11.3 Å². The van der Waals surface area contributed by atoms with Gasteiger partial charge >= 0.3 is 6.03 Å². The fourth-order valence-electron chi connectivity index (χ4n) is 1.72. The van der Waals surface area contributed by atoms with Crippen LogP contribution in [0.5, 0.6) is 0 Å². The Labute approximate surface area is 117 Å². The Balaban J connectivity index is 1.99. The summed E-state index contributed by atoms with van der Waals surface area (Å²) in [6.45, 7) is -0.258. The SMILES string of the molecule is [O]C/C=C/c1cccc(NC(=O)Nc2ccccc2)c1. The van der Waals surface area contributed by atoms with Crippen molar-refractivity contribution < 1.29 is 9.90 Å². The number of hydrogen-bond acceptors (Lipinski definition) is 1. The molecule has 2 aromatic rings. The zero-order valence-electron chi connectivity index (χ0n) is 10.9. The number of hydrogen-bond donors (Lipinski definition) is 2. The number of carbonyl (C=O) groups is 1. The van der Waals surface area contributed by atoms with Crippen molar-refractivity contribution in [2.24, 2.45) is 0 Å². The lowest BCUT2D eigenvalue weighted by atomic mass is 10.2. The van der Waals surface area contributed by atoms with Crippen molar-refractivity contribution in [1.82, 2.24) is 0 Å². The van der Waals surface area contributed by atoms with Crippen LogP contribution in [-0.2, 0) is 5.11 Å². The minimum atomic E-state index is -0.304. The molecular weight excluding hydrogens is 252 g/mol. The zero-order chi connectivity index (χ0) is 14.2. The van der Waals surface area contributed by atoms with Crippen molar-refractivity contribution in [3.05, 3.63) is 66.2 Å². The molecule has 0 aliphatic carbocycles. The molecule has 0 fully saturated rings. The molecule has 0 saturated heterocycles. The lowest BCUT2D eigenvalue weighted by molar-refractivity contribution is 0.233. The summed E-state index contributed by atoms with van der Waals surface area (Å²) in [5.74, 6) is 0. The van der Waals surface area contributed by atoms with Gasteiger partial charge in [-0.05, 0) is 29.8 Å². The third kappa shape index (κ3) is 4.26. The maximum absolute atomic E-state index is 11.8. The molecule has 1 radical (unpaired) electrons. The summed E-state index contributed by atoms with van der Waals surface area (Å²) in [6.07, 6.45) is 3.26. The molecule has 0 unspecified atom stereocenters. The summed E-state index contributed by atoms with van der Waals surface area (Å²) in [5.41, 5.74) is 2.28. The second kappa shape index (κ2) is 7.11. The lowest BCUT2D eigenvalue weighted by Gasteiger charge is -2.08. The highest BCUT2D eigenvalue weighted by molar-refractivity contribution is 5.99. The first kappa shape index (κ1) is 13.8. The fraction of sp³-hybridized carbons (Fsp3) is 0.0625. The summed E-state index contributed by atoms with van der Waals surface area (Å²) in [7, 11) is 0. The Kier molecular flexibility index (Phi) is 4.92. The molecule has 0 spiro atoms. The van der Waals surface area contributed by atoms with E-state index in [9.17, 15) is 9.90 Å². The van der Waals surface area contributed by atoms with Gasteiger partial charge in [0.25, 0.3) is 0 Å². The van der Waals surface area contributed by atoms with Gasteiger partial charge in [-0.1, -0.05) is 42.5 Å². The Bertz CT molecular complexity index is 594. The van der Waals surface area contributed by atoms with E-state index < -0.39 is 0 Å². The number of amides is 2. The van der Waals surface area contributed by atoms with Gasteiger partial charge in [0.2, 0.25) is 0 Å². The van der Waals surface area contributed by atoms with E-state index >= 15 is 0 Å². The molecule has 4 heteroatoms. The van der Waals surface area contributed by atoms with Gasteiger partial charge in [-0.2, -0.15) is 0 Å². The van der Waals surface area contributed by atoms with Crippen LogP contribution in [0.2, 0.25) is 0 Å². The Morgan fingerprint density at radius 2 is 1.65 bits per heavy atom. The van der Waals surface area contributed by atoms with E-state index in [1.54, 1.807) is 18.2 Å². The van der Waals surface area contributed by atoms with Crippen molar-refractivity contribution in [1.29, 1.82) is 0 Å². The third-order valence-corrected chi connectivity index (χ3v) is 2.58. The van der Waals surface area contributed by atoms with Crippen LogP contribution in [0.1, 0.15) is 5.56 Å². The summed E-state index contributed by atoms with van der Waals surface area (Å²) < 4.78 is 0. The number of carbonyl (C=O) groups excluding carboxylic acids is 1. The minimum Gasteiger partial charge on any atom is -0.308 e. The maximum Gasteiger partial charge on any atom is 0.323 e. The molecule has 101 valence electrons. The number of benzene rings is 2. The molecule has 2 rings (SSSR count). The van der Waals surface area contributed by atoms with Crippen LogP contribution >= 0.6 is 0 Å². The quantitative estimate of drug-likeness (QED) is 0.870. The van der Waals surface area contributed by atoms with E-state index in [2.05, 4.69) is 10.6 Å². The van der Waals surface area contributed by atoms with Gasteiger partial charge in [0.15, 0.2) is 0 Å². The summed E-state index contributed by atoms with van der Waals surface area (Å²) in [4.78, 5) is 11.8. The van der Waals surface area contributed by atoms with Gasteiger partial charge in [-0.15, -0.1) is 0 Å². The maximum atomic E-state index is 11.8. The summed E-state index contributed by atoms with van der Waals surface area (Å²) >= 11 is 0. The molecule has 0 saturated carbocycles. The molecule has 20 heavy (non-hydrogen) atoms. The number of rotatable bonds is 4. The highest BCUT2D eigenvalue weighted by Crippen LogP contribution is 2.13. The molecule has 0 aliphatic rings. The molecule has 2 N–H and O–H groups in total. The van der Waals surface area contributed by atoms with Crippen LogP contribution in [0.4, 0.5) is 16.2 Å². The van der Waals surface area contributed by atoms with E-state index in [-0.39, 0.29) is 12.6 Å². The second-order valence-electron chi connectivity index (χ2n) is 4.14. The summed E-state index contributed by atoms with van der Waals surface area (Å²) in [6, 6.07) is 16.2. The summed E-state index contributed by atoms with van der Waals surface area (Å²) in [5, 5.41) is 15.9. The molecule has 0 atom stereocenters. The third-order valence-electron chi connectivity index (χ3n) is 2.58. The molecule has 0 heterocycles. The Hall–Kier alpha value is -2.59. The smallest absolute Gasteiger partial charge is 0.308 e. The van der Waals surface area contributed by atoms with Crippen molar-refractivity contribution in [3.63, 3.8) is 0 Å². The molecule has 0 aliphatic heterocycles. The van der Waals surface area contributed by atoms with E-state index in [0.29, 0.717) is 5.69 Å². The predicted octanol–water partition coefficient (Wildman–Crippen LogP) is 3.77. The lowest BCUT2D eigenvalue weighted by Crippen LogP contribution is -2.19. The van der Waals surface area contributed by atoms with Gasteiger partial charge in [0.05, 0.1) is 0 Å². The van der Waals surface area contributed by atoms with Crippen LogP contribution in [0.3, 0.4) is 0 Å². The first-order chi connectivity index (χ1) is 9.78. The van der Waals surface area contributed by atoms with Gasteiger partial charge in [-0.25, -0.2) is 9.90 Å². The first-order valence-electron chi connectivity index (χ1n) is 6.26. The standard InChI is InChI=1S/C16H15N2O2/c19-11-5-7-13-6-4-10-15(12-13)18-16(20)17-14-8-2-1-3-9-14/h1-10,12H,11H2,(H2,17,18,20)/b7-5+. The van der Waals surface area contributed by atoms with Crippen LogP contribution in [0.25, 0.3) is 6.08 Å². The van der Waals surface area contributed by atoms with Gasteiger partial charge in [0, 0.05) is 11.4 Å². The topological polar surface area (TPSA) is 61.0 Å². The van der Waals surface area contributed by atoms with Crippen LogP contribution in [-0.4, -0.2) is 12.6 Å². The van der Waals surface area contributed by atoms with Gasteiger partial charge in [0.1, 0.15) is 6.61 Å². The van der Waals surface area contributed by atoms with E-state index in [1.807, 2.05) is 42.5 Å². The zero-order valence-corrected chi connectivity index (χ0v) is 10.9. The predicted molar refractivity (Wildman–Crippen MR) is 80.1 cm³/mol. The minimum absolute atomic E-state index is 0.258. The highest BCUT2D eigenvalue weighted by atomic mass is 16.2. The fourth-order valence-corrected chi connectivity index (χ4v) is 1.72. The molecule has 2 amide bonds. The number of anilines is 2. The normalized spacial score (nSPS) is 10.4. The largest absolute Gasteiger partial charge is 0.323 e. The number of nitrogens with one attached hydrogen (secondary N) is 2. The Morgan fingerprint density at radius 3 is 2.40 bits per heavy atom. The number of urea groups is 1. The van der Waals surface area contributed by atoms with Crippen molar-refractivity contribution in [2.45, 2.75) is 0 Å². The molecule has 2 aromatic carbocycles. The molecular formula is C16H15N2O2. The van der Waals surface area contributed by atoms with Crippen molar-refractivity contribution >= 4 is 23.5 Å². The van der Waals surface area contributed by atoms with Crippen molar-refractivity contribution in [2.75, 3.05) is 17.2 Å².